The molecular formula is C8H10N4O. The molecule has 0 saturated heterocycles. The minimum Gasteiger partial charge on any atom is -0.397 e. The van der Waals surface area contributed by atoms with Crippen LogP contribution in [0.1, 0.15) is 11.1 Å². The van der Waals surface area contributed by atoms with Crippen molar-refractivity contribution >= 4 is 22.4 Å². The van der Waals surface area contributed by atoms with Gasteiger partial charge in [0.15, 0.2) is 11.0 Å². The van der Waals surface area contributed by atoms with Gasteiger partial charge in [-0.25, -0.2) is 4.63 Å². The lowest BCUT2D eigenvalue weighted by molar-refractivity contribution is 0.316. The summed E-state index contributed by atoms with van der Waals surface area (Å²) in [6.07, 6.45) is 0. The average Bonchev–Trinajstić information content (AvgIpc) is 2.59. The highest BCUT2D eigenvalue weighted by Gasteiger charge is 2.14. The maximum atomic E-state index is 5.81. The number of hydrogen-bond donors (Lipinski definition) is 2. The molecule has 0 unspecified atom stereocenters. The van der Waals surface area contributed by atoms with Gasteiger partial charge in [-0.2, -0.15) is 0 Å². The van der Waals surface area contributed by atoms with E-state index in [1.807, 2.05) is 13.8 Å². The van der Waals surface area contributed by atoms with Gasteiger partial charge in [0, 0.05) is 0 Å². The molecule has 1 aromatic heterocycles. The van der Waals surface area contributed by atoms with Crippen LogP contribution in [0.2, 0.25) is 0 Å². The molecule has 0 amide bonds. The number of aromatic nitrogens is 2. The van der Waals surface area contributed by atoms with E-state index in [0.717, 1.165) is 11.1 Å². The fourth-order valence-corrected chi connectivity index (χ4v) is 1.30. The van der Waals surface area contributed by atoms with Gasteiger partial charge in [0.2, 0.25) is 0 Å². The number of nitrogens with two attached hydrogens (primary N) is 2. The lowest BCUT2D eigenvalue weighted by atomic mass is 10.0. The van der Waals surface area contributed by atoms with Crippen molar-refractivity contribution in [3.8, 4) is 0 Å². The smallest absolute Gasteiger partial charge is 0.160 e. The predicted molar refractivity (Wildman–Crippen MR) is 50.1 cm³/mol. The summed E-state index contributed by atoms with van der Waals surface area (Å²) >= 11 is 0. The molecule has 0 saturated carbocycles. The number of nitrogens with zero attached hydrogens (tertiary/aromatic N) is 2. The van der Waals surface area contributed by atoms with E-state index >= 15 is 0 Å². The van der Waals surface area contributed by atoms with E-state index in [-0.39, 0.29) is 0 Å². The van der Waals surface area contributed by atoms with Crippen molar-refractivity contribution in [2.24, 2.45) is 0 Å². The van der Waals surface area contributed by atoms with Crippen molar-refractivity contribution in [3.63, 3.8) is 0 Å². The molecule has 0 aliphatic carbocycles. The Labute approximate surface area is 74.7 Å². The SMILES string of the molecule is Cc1c(C)c(N)c2nonc2c1N. The quantitative estimate of drug-likeness (QED) is 0.587. The highest BCUT2D eigenvalue weighted by atomic mass is 16.6. The molecule has 4 N–H and O–H groups in total. The molecule has 0 radical (unpaired) electrons. The molecule has 5 nitrogen and oxygen atoms in total. The number of fused-ring (bicyclic) bond motifs is 1. The molecule has 0 aliphatic rings. The van der Waals surface area contributed by atoms with Gasteiger partial charge in [0.1, 0.15) is 0 Å². The van der Waals surface area contributed by atoms with E-state index in [9.17, 15) is 0 Å². The highest BCUT2D eigenvalue weighted by Crippen LogP contribution is 2.30. The summed E-state index contributed by atoms with van der Waals surface area (Å²) in [5, 5.41) is 7.38. The van der Waals surface area contributed by atoms with Crippen molar-refractivity contribution in [1.82, 2.24) is 10.3 Å². The molecule has 0 atom stereocenters. The summed E-state index contributed by atoms with van der Waals surface area (Å²) in [7, 11) is 0. The summed E-state index contributed by atoms with van der Waals surface area (Å²) in [5.41, 5.74) is 15.7. The van der Waals surface area contributed by atoms with E-state index in [2.05, 4.69) is 14.9 Å². The lowest BCUT2D eigenvalue weighted by Crippen LogP contribution is -1.99. The molecule has 68 valence electrons. The Kier molecular flexibility index (Phi) is 1.42. The van der Waals surface area contributed by atoms with Gasteiger partial charge in [-0.1, -0.05) is 0 Å². The van der Waals surface area contributed by atoms with Crippen LogP contribution in [-0.4, -0.2) is 10.3 Å². The fraction of sp³-hybridized carbons (Fsp3) is 0.250. The number of anilines is 2. The molecule has 1 heterocycles. The molecule has 0 aliphatic heterocycles. The Bertz CT molecular complexity index is 432. The van der Waals surface area contributed by atoms with Gasteiger partial charge in [-0.05, 0) is 35.3 Å². The highest BCUT2D eigenvalue weighted by molar-refractivity contribution is 5.97. The van der Waals surface area contributed by atoms with Gasteiger partial charge in [-0.15, -0.1) is 0 Å². The van der Waals surface area contributed by atoms with E-state index in [1.54, 1.807) is 0 Å². The van der Waals surface area contributed by atoms with Gasteiger partial charge < -0.3 is 11.5 Å². The third kappa shape index (κ3) is 0.867. The summed E-state index contributed by atoms with van der Waals surface area (Å²) < 4.78 is 4.58. The van der Waals surface area contributed by atoms with Crippen LogP contribution in [0.3, 0.4) is 0 Å². The Balaban J connectivity index is 3.02. The van der Waals surface area contributed by atoms with Crippen LogP contribution < -0.4 is 11.5 Å². The largest absolute Gasteiger partial charge is 0.397 e. The second kappa shape index (κ2) is 2.35. The van der Waals surface area contributed by atoms with Gasteiger partial charge in [0.25, 0.3) is 0 Å². The molecule has 0 bridgehead atoms. The molecule has 0 spiro atoms. The lowest BCUT2D eigenvalue weighted by Gasteiger charge is -2.06. The topological polar surface area (TPSA) is 91.0 Å². The first-order chi connectivity index (χ1) is 6.13. The third-order valence-electron chi connectivity index (χ3n) is 2.37. The van der Waals surface area contributed by atoms with Crippen LogP contribution in [0.4, 0.5) is 11.4 Å². The first-order valence-electron chi connectivity index (χ1n) is 3.89. The van der Waals surface area contributed by atoms with Crippen LogP contribution in [-0.2, 0) is 0 Å². The zero-order valence-corrected chi connectivity index (χ0v) is 7.46. The van der Waals surface area contributed by atoms with Crippen LogP contribution in [0, 0.1) is 13.8 Å². The van der Waals surface area contributed by atoms with E-state index < -0.39 is 0 Å². The predicted octanol–water partition coefficient (Wildman–Crippen LogP) is 1.00. The number of hydrogen-bond acceptors (Lipinski definition) is 5. The van der Waals surface area contributed by atoms with Gasteiger partial charge in [-0.3, -0.25) is 0 Å². The molecule has 0 fully saturated rings. The number of nitrogen functional groups attached to an aromatic ring is 2. The summed E-state index contributed by atoms with van der Waals surface area (Å²) in [6.45, 7) is 3.80. The van der Waals surface area contributed by atoms with Gasteiger partial charge >= 0.3 is 0 Å². The second-order valence-electron chi connectivity index (χ2n) is 3.04. The standard InChI is InChI=1S/C8H10N4O/c1-3-4(2)6(10)8-7(5(3)9)11-13-12-8/h9-10H2,1-2H3. The Morgan fingerprint density at radius 2 is 1.31 bits per heavy atom. The number of benzene rings is 1. The molecule has 1 aromatic carbocycles. The Morgan fingerprint density at radius 1 is 0.923 bits per heavy atom. The minimum absolute atomic E-state index is 0.542. The molecule has 2 aromatic rings. The molecule has 13 heavy (non-hydrogen) atoms. The van der Waals surface area contributed by atoms with Crippen LogP contribution >= 0.6 is 0 Å². The van der Waals surface area contributed by atoms with Crippen LogP contribution in [0.5, 0.6) is 0 Å². The summed E-state index contributed by atoms with van der Waals surface area (Å²) in [6, 6.07) is 0. The third-order valence-corrected chi connectivity index (χ3v) is 2.37. The van der Waals surface area contributed by atoms with Crippen molar-refractivity contribution in [3.05, 3.63) is 11.1 Å². The Morgan fingerprint density at radius 3 is 1.69 bits per heavy atom. The molecular weight excluding hydrogens is 168 g/mol. The van der Waals surface area contributed by atoms with E-state index in [0.29, 0.717) is 22.4 Å². The molecule has 2 rings (SSSR count). The van der Waals surface area contributed by atoms with Crippen LogP contribution in [0.25, 0.3) is 11.0 Å². The minimum atomic E-state index is 0.542. The first kappa shape index (κ1) is 7.85. The summed E-state index contributed by atoms with van der Waals surface area (Å²) in [4.78, 5) is 0. The normalized spacial score (nSPS) is 10.9. The van der Waals surface area contributed by atoms with Crippen molar-refractivity contribution in [2.45, 2.75) is 13.8 Å². The second-order valence-corrected chi connectivity index (χ2v) is 3.04. The molecule has 5 heteroatoms. The fourth-order valence-electron chi connectivity index (χ4n) is 1.30. The summed E-state index contributed by atoms with van der Waals surface area (Å²) in [5.74, 6) is 0. The van der Waals surface area contributed by atoms with Crippen molar-refractivity contribution in [1.29, 1.82) is 0 Å². The Hall–Kier alpha value is -1.78. The number of rotatable bonds is 0. The van der Waals surface area contributed by atoms with Crippen LogP contribution in [0.15, 0.2) is 4.63 Å². The monoisotopic (exact) mass is 178 g/mol. The van der Waals surface area contributed by atoms with Crippen molar-refractivity contribution in [2.75, 3.05) is 11.5 Å². The maximum absolute atomic E-state index is 5.81. The van der Waals surface area contributed by atoms with Crippen molar-refractivity contribution < 1.29 is 4.63 Å². The zero-order valence-electron chi connectivity index (χ0n) is 7.46. The average molecular weight is 178 g/mol. The zero-order chi connectivity index (χ0) is 9.59. The van der Waals surface area contributed by atoms with Gasteiger partial charge in [0.05, 0.1) is 11.4 Å². The maximum Gasteiger partial charge on any atom is 0.160 e. The van der Waals surface area contributed by atoms with E-state index in [4.69, 9.17) is 11.5 Å². The van der Waals surface area contributed by atoms with E-state index in [1.165, 1.54) is 0 Å². The first-order valence-corrected chi connectivity index (χ1v) is 3.89.